The molecule has 2 unspecified atom stereocenters. The number of aryl methyl sites for hydroxylation is 1. The third-order valence-electron chi connectivity index (χ3n) is 5.49. The minimum atomic E-state index is -4.04. The molecule has 1 aromatic rings. The lowest BCUT2D eigenvalue weighted by atomic mass is 10.0. The van der Waals surface area contributed by atoms with Gasteiger partial charge in [0.25, 0.3) is 0 Å². The molecule has 184 valence electrons. The van der Waals surface area contributed by atoms with Gasteiger partial charge in [-0.25, -0.2) is 0 Å². The number of benzene rings is 1. The molecule has 2 atom stereocenters. The predicted octanol–water partition coefficient (Wildman–Crippen LogP) is 5.00. The fraction of sp³-hybridized carbons (Fsp3) is 0.680. The number of hydrogen-bond acceptors (Lipinski definition) is 6. The van der Waals surface area contributed by atoms with E-state index in [9.17, 15) is 18.6 Å². The van der Waals surface area contributed by atoms with E-state index in [-0.39, 0.29) is 10.7 Å². The smallest absolute Gasteiger partial charge is 0.338 e. The van der Waals surface area contributed by atoms with Crippen molar-refractivity contribution in [1.29, 1.82) is 0 Å². The lowest BCUT2D eigenvalue weighted by Gasteiger charge is -2.16. The van der Waals surface area contributed by atoms with E-state index in [0.29, 0.717) is 12.8 Å². The summed E-state index contributed by atoms with van der Waals surface area (Å²) in [4.78, 5) is 0.0325. The average Bonchev–Trinajstić information content (AvgIpc) is 2.76. The Bertz CT molecular complexity index is 742. The Hall–Kier alpha value is -1.41. The molecule has 0 aliphatic carbocycles. The molecule has 0 saturated carbocycles. The van der Waals surface area contributed by atoms with Gasteiger partial charge in [0.2, 0.25) is 0 Å². The van der Waals surface area contributed by atoms with Crippen LogP contribution in [0.15, 0.2) is 41.0 Å². The molecule has 32 heavy (non-hydrogen) atoms. The largest absolute Gasteiger partial charge is 0.394 e. The van der Waals surface area contributed by atoms with Gasteiger partial charge in [-0.3, -0.25) is 0 Å². The second kappa shape index (κ2) is 16.2. The van der Waals surface area contributed by atoms with Crippen LogP contribution in [0.2, 0.25) is 0 Å². The van der Waals surface area contributed by atoms with E-state index in [0.717, 1.165) is 24.8 Å². The zero-order chi connectivity index (χ0) is 23.8. The third-order valence-corrected chi connectivity index (χ3v) is 6.77. The first-order valence-corrected chi connectivity index (χ1v) is 13.4. The summed E-state index contributed by atoms with van der Waals surface area (Å²) in [5, 5.41) is 28.7. The molecule has 1 aromatic carbocycles. The standard InChI is InChI=1S/C25H42O6S/c1-3-4-5-6-7-8-9-10-11-12-13-14-22(19-24(27)25(28)20-26)31-32(29,30)23-17-15-21(2)16-18-23/h15-19,24-28H,3-14,20H2,1-2H3. The fourth-order valence-electron chi connectivity index (χ4n) is 3.42. The normalized spacial score (nSPS) is 14.3. The first-order chi connectivity index (χ1) is 15.3. The second-order valence-corrected chi connectivity index (χ2v) is 10.1. The Balaban J connectivity index is 2.53. The van der Waals surface area contributed by atoms with Gasteiger partial charge in [-0.1, -0.05) is 88.8 Å². The van der Waals surface area contributed by atoms with E-state index < -0.39 is 28.9 Å². The maximum Gasteiger partial charge on any atom is 0.338 e. The van der Waals surface area contributed by atoms with Gasteiger partial charge < -0.3 is 19.5 Å². The molecule has 0 spiro atoms. The monoisotopic (exact) mass is 470 g/mol. The number of aliphatic hydroxyl groups is 3. The van der Waals surface area contributed by atoms with E-state index in [2.05, 4.69) is 6.92 Å². The highest BCUT2D eigenvalue weighted by Gasteiger charge is 2.20. The lowest BCUT2D eigenvalue weighted by Crippen LogP contribution is -2.28. The zero-order valence-corrected chi connectivity index (χ0v) is 20.5. The number of aliphatic hydroxyl groups excluding tert-OH is 3. The molecular formula is C25H42O6S. The van der Waals surface area contributed by atoms with Crippen LogP contribution < -0.4 is 0 Å². The van der Waals surface area contributed by atoms with Crippen LogP contribution in [0.4, 0.5) is 0 Å². The second-order valence-electron chi connectivity index (χ2n) is 8.51. The van der Waals surface area contributed by atoms with Gasteiger partial charge in [0.15, 0.2) is 0 Å². The number of rotatable bonds is 18. The highest BCUT2D eigenvalue weighted by atomic mass is 32.2. The number of hydrogen-bond donors (Lipinski definition) is 3. The maximum absolute atomic E-state index is 12.6. The molecule has 1 rings (SSSR count). The Morgan fingerprint density at radius 2 is 1.41 bits per heavy atom. The lowest BCUT2D eigenvalue weighted by molar-refractivity contribution is 0.00821. The van der Waals surface area contributed by atoms with Crippen LogP contribution in [0.1, 0.15) is 89.5 Å². The van der Waals surface area contributed by atoms with Gasteiger partial charge in [-0.05, 0) is 31.6 Å². The van der Waals surface area contributed by atoms with Crippen LogP contribution >= 0.6 is 0 Å². The molecule has 3 N–H and O–H groups in total. The minimum absolute atomic E-state index is 0.0325. The van der Waals surface area contributed by atoms with E-state index in [1.54, 1.807) is 12.1 Å². The summed E-state index contributed by atoms with van der Waals surface area (Å²) < 4.78 is 30.5. The van der Waals surface area contributed by atoms with Gasteiger partial charge in [0.05, 0.1) is 6.61 Å². The van der Waals surface area contributed by atoms with E-state index in [4.69, 9.17) is 9.29 Å². The Morgan fingerprint density at radius 3 is 1.91 bits per heavy atom. The van der Waals surface area contributed by atoms with Gasteiger partial charge in [0, 0.05) is 6.42 Å². The minimum Gasteiger partial charge on any atom is -0.394 e. The molecule has 0 amide bonds. The SMILES string of the molecule is CCCCCCCCCCCCCC(=CC(O)C(O)CO)OS(=O)(=O)c1ccc(C)cc1. The van der Waals surface area contributed by atoms with Crippen molar-refractivity contribution in [2.24, 2.45) is 0 Å². The van der Waals surface area contributed by atoms with Crippen molar-refractivity contribution < 1.29 is 27.9 Å². The Morgan fingerprint density at radius 1 is 0.906 bits per heavy atom. The molecule has 0 radical (unpaired) electrons. The quantitative estimate of drug-likeness (QED) is 0.158. The van der Waals surface area contributed by atoms with Crippen molar-refractivity contribution >= 4 is 10.1 Å². The van der Waals surface area contributed by atoms with Crippen LogP contribution in [-0.2, 0) is 14.3 Å². The predicted molar refractivity (Wildman–Crippen MR) is 128 cm³/mol. The van der Waals surface area contributed by atoms with E-state index in [1.165, 1.54) is 63.2 Å². The first kappa shape index (κ1) is 28.6. The number of allylic oxidation sites excluding steroid dienone is 1. The molecule has 0 aromatic heterocycles. The van der Waals surface area contributed by atoms with Crippen LogP contribution in [-0.4, -0.2) is 42.6 Å². The van der Waals surface area contributed by atoms with Crippen LogP contribution in [0.25, 0.3) is 0 Å². The van der Waals surface area contributed by atoms with Gasteiger partial charge in [0.1, 0.15) is 22.9 Å². The highest BCUT2D eigenvalue weighted by Crippen LogP contribution is 2.22. The van der Waals surface area contributed by atoms with Crippen molar-refractivity contribution in [2.45, 2.75) is 108 Å². The van der Waals surface area contributed by atoms with E-state index >= 15 is 0 Å². The van der Waals surface area contributed by atoms with Crippen molar-refractivity contribution in [1.82, 2.24) is 0 Å². The zero-order valence-electron chi connectivity index (χ0n) is 19.7. The fourth-order valence-corrected chi connectivity index (χ4v) is 4.41. The molecular weight excluding hydrogens is 428 g/mol. The van der Waals surface area contributed by atoms with E-state index in [1.807, 2.05) is 6.92 Å². The molecule has 0 aliphatic rings. The molecule has 0 heterocycles. The topological polar surface area (TPSA) is 104 Å². The highest BCUT2D eigenvalue weighted by molar-refractivity contribution is 7.86. The molecule has 7 heteroatoms. The molecule has 6 nitrogen and oxygen atoms in total. The summed E-state index contributed by atoms with van der Waals surface area (Å²) in [5.74, 6) is 0.0847. The first-order valence-electron chi connectivity index (χ1n) is 12.0. The summed E-state index contributed by atoms with van der Waals surface area (Å²) in [6.07, 6.45) is 11.6. The summed E-state index contributed by atoms with van der Waals surface area (Å²) in [6, 6.07) is 6.33. The summed E-state index contributed by atoms with van der Waals surface area (Å²) in [6.45, 7) is 3.45. The van der Waals surface area contributed by atoms with Gasteiger partial charge in [-0.15, -0.1) is 0 Å². The molecule has 0 fully saturated rings. The average molecular weight is 471 g/mol. The summed E-state index contributed by atoms with van der Waals surface area (Å²) in [5.41, 5.74) is 0.933. The van der Waals surface area contributed by atoms with Crippen molar-refractivity contribution in [3.05, 3.63) is 41.7 Å². The number of unbranched alkanes of at least 4 members (excludes halogenated alkanes) is 10. The van der Waals surface area contributed by atoms with Gasteiger partial charge in [-0.2, -0.15) is 8.42 Å². The maximum atomic E-state index is 12.6. The van der Waals surface area contributed by atoms with Gasteiger partial charge >= 0.3 is 10.1 Å². The Kier molecular flexibility index (Phi) is 14.5. The Labute approximate surface area is 194 Å². The van der Waals surface area contributed by atoms with Crippen molar-refractivity contribution in [2.75, 3.05) is 6.61 Å². The molecule has 0 bridgehead atoms. The van der Waals surface area contributed by atoms with Crippen molar-refractivity contribution in [3.63, 3.8) is 0 Å². The molecule has 0 aliphatic heterocycles. The molecule has 0 saturated heterocycles. The summed E-state index contributed by atoms with van der Waals surface area (Å²) in [7, 11) is -4.04. The third kappa shape index (κ3) is 12.0. The van der Waals surface area contributed by atoms with Crippen LogP contribution in [0.5, 0.6) is 0 Å². The summed E-state index contributed by atoms with van der Waals surface area (Å²) >= 11 is 0. The van der Waals surface area contributed by atoms with Crippen LogP contribution in [0.3, 0.4) is 0 Å². The van der Waals surface area contributed by atoms with Crippen LogP contribution in [0, 0.1) is 6.92 Å². The van der Waals surface area contributed by atoms with Crippen molar-refractivity contribution in [3.8, 4) is 0 Å².